The SMILES string of the molecule is CC(=O)NC(NC(=O)C(Cl)Cl)C(Cl)(Cl)Cl. The van der Waals surface area contributed by atoms with Crippen molar-refractivity contribution < 1.29 is 9.59 Å². The van der Waals surface area contributed by atoms with Gasteiger partial charge < -0.3 is 10.6 Å². The van der Waals surface area contributed by atoms with Gasteiger partial charge in [-0.25, -0.2) is 0 Å². The van der Waals surface area contributed by atoms with E-state index in [1.165, 1.54) is 6.92 Å². The van der Waals surface area contributed by atoms with E-state index >= 15 is 0 Å². The van der Waals surface area contributed by atoms with Crippen molar-refractivity contribution in [2.75, 3.05) is 0 Å². The molecule has 0 radical (unpaired) electrons. The van der Waals surface area contributed by atoms with Crippen LogP contribution in [0.15, 0.2) is 0 Å². The second-order valence-corrected chi connectivity index (χ2v) is 5.95. The standard InChI is InChI=1S/C6H7Cl5N2O2/c1-2(14)12-5(6(9,10)11)13-4(15)3(7)8/h3,5H,1H3,(H,12,14)(H,13,15). The maximum Gasteiger partial charge on any atom is 0.255 e. The number of halogens is 5. The summed E-state index contributed by atoms with van der Waals surface area (Å²) in [5, 5.41) is 4.38. The molecular formula is C6H7Cl5N2O2. The molecule has 0 bridgehead atoms. The highest BCUT2D eigenvalue weighted by Gasteiger charge is 2.35. The average Bonchev–Trinajstić information content (AvgIpc) is 2.00. The molecule has 15 heavy (non-hydrogen) atoms. The summed E-state index contributed by atoms with van der Waals surface area (Å²) >= 11 is 27.1. The van der Waals surface area contributed by atoms with E-state index in [0.717, 1.165) is 0 Å². The minimum absolute atomic E-state index is 0.479. The molecule has 2 amide bonds. The summed E-state index contributed by atoms with van der Waals surface area (Å²) in [6, 6.07) is 0. The van der Waals surface area contributed by atoms with Crippen LogP contribution in [0.2, 0.25) is 0 Å². The van der Waals surface area contributed by atoms with Gasteiger partial charge in [0.1, 0.15) is 6.17 Å². The van der Waals surface area contributed by atoms with Gasteiger partial charge in [-0.1, -0.05) is 58.0 Å². The van der Waals surface area contributed by atoms with Crippen LogP contribution in [0.3, 0.4) is 0 Å². The number of hydrogen-bond acceptors (Lipinski definition) is 2. The normalized spacial score (nSPS) is 13.5. The molecule has 88 valence electrons. The third-order valence-corrected chi connectivity index (χ3v) is 2.21. The number of nitrogens with one attached hydrogen (secondary N) is 2. The first kappa shape index (κ1) is 15.4. The van der Waals surface area contributed by atoms with Crippen LogP contribution in [0.4, 0.5) is 0 Å². The molecule has 0 rings (SSSR count). The quantitative estimate of drug-likeness (QED) is 0.615. The fraction of sp³-hybridized carbons (Fsp3) is 0.667. The third-order valence-electron chi connectivity index (χ3n) is 1.16. The minimum Gasteiger partial charge on any atom is -0.333 e. The Hall–Kier alpha value is 0.390. The van der Waals surface area contributed by atoms with Gasteiger partial charge in [-0.3, -0.25) is 9.59 Å². The largest absolute Gasteiger partial charge is 0.333 e. The lowest BCUT2D eigenvalue weighted by Gasteiger charge is -2.26. The first-order valence-corrected chi connectivity index (χ1v) is 5.57. The Morgan fingerprint density at radius 2 is 1.60 bits per heavy atom. The molecule has 9 heteroatoms. The van der Waals surface area contributed by atoms with Crippen molar-refractivity contribution >= 4 is 69.8 Å². The molecule has 2 N–H and O–H groups in total. The van der Waals surface area contributed by atoms with Crippen LogP contribution in [0.25, 0.3) is 0 Å². The summed E-state index contributed by atoms with van der Waals surface area (Å²) in [6.07, 6.45) is -1.20. The van der Waals surface area contributed by atoms with Crippen LogP contribution in [0.5, 0.6) is 0 Å². The Morgan fingerprint density at radius 3 is 1.87 bits per heavy atom. The van der Waals surface area contributed by atoms with Crippen molar-refractivity contribution in [1.29, 1.82) is 0 Å². The highest BCUT2D eigenvalue weighted by molar-refractivity contribution is 6.68. The minimum atomic E-state index is -1.90. The molecule has 0 aliphatic heterocycles. The Kier molecular flexibility index (Phi) is 6.37. The molecule has 0 aliphatic carbocycles. The lowest BCUT2D eigenvalue weighted by Crippen LogP contribution is -2.55. The molecule has 0 aromatic rings. The number of alkyl halides is 5. The predicted octanol–water partition coefficient (Wildman–Crippen LogP) is 1.74. The number of amides is 2. The zero-order chi connectivity index (χ0) is 12.2. The topological polar surface area (TPSA) is 58.2 Å². The molecule has 0 aromatic heterocycles. The molecule has 0 aromatic carbocycles. The Labute approximate surface area is 112 Å². The van der Waals surface area contributed by atoms with Gasteiger partial charge in [0, 0.05) is 6.92 Å². The number of carbonyl (C=O) groups is 2. The van der Waals surface area contributed by atoms with Gasteiger partial charge in [0.2, 0.25) is 9.70 Å². The van der Waals surface area contributed by atoms with E-state index in [-0.39, 0.29) is 0 Å². The van der Waals surface area contributed by atoms with Gasteiger partial charge in [0.15, 0.2) is 4.84 Å². The summed E-state index contributed by atoms with van der Waals surface area (Å²) in [6.45, 7) is 1.20. The van der Waals surface area contributed by atoms with E-state index in [2.05, 4.69) is 10.6 Å². The molecule has 0 aliphatic rings. The second-order valence-electron chi connectivity index (χ2n) is 2.48. The van der Waals surface area contributed by atoms with E-state index in [4.69, 9.17) is 58.0 Å². The number of rotatable bonds is 3. The van der Waals surface area contributed by atoms with Crippen molar-refractivity contribution in [3.63, 3.8) is 0 Å². The highest BCUT2D eigenvalue weighted by Crippen LogP contribution is 2.29. The fourth-order valence-corrected chi connectivity index (χ4v) is 1.06. The number of carbonyl (C=O) groups excluding carboxylic acids is 2. The molecule has 0 saturated heterocycles. The van der Waals surface area contributed by atoms with E-state index < -0.39 is 26.6 Å². The average molecular weight is 316 g/mol. The zero-order valence-corrected chi connectivity index (χ0v) is 11.1. The molecule has 0 spiro atoms. The maximum atomic E-state index is 11.1. The van der Waals surface area contributed by atoms with Crippen LogP contribution >= 0.6 is 58.0 Å². The summed E-state index contributed by atoms with van der Waals surface area (Å²) in [7, 11) is 0. The van der Waals surface area contributed by atoms with E-state index in [1.54, 1.807) is 0 Å². The predicted molar refractivity (Wildman–Crippen MR) is 61.5 cm³/mol. The Morgan fingerprint density at radius 1 is 1.13 bits per heavy atom. The lowest BCUT2D eigenvalue weighted by molar-refractivity contribution is -0.122. The van der Waals surface area contributed by atoms with Crippen LogP contribution in [0.1, 0.15) is 6.92 Å². The van der Waals surface area contributed by atoms with Crippen LogP contribution in [0, 0.1) is 0 Å². The monoisotopic (exact) mass is 314 g/mol. The van der Waals surface area contributed by atoms with Gasteiger partial charge in [0.05, 0.1) is 0 Å². The van der Waals surface area contributed by atoms with Crippen LogP contribution < -0.4 is 10.6 Å². The third kappa shape index (κ3) is 6.53. The molecule has 4 nitrogen and oxygen atoms in total. The summed E-state index contributed by atoms with van der Waals surface area (Å²) in [4.78, 5) is 20.5. The van der Waals surface area contributed by atoms with Crippen molar-refractivity contribution in [2.24, 2.45) is 0 Å². The summed E-state index contributed by atoms with van der Waals surface area (Å²) in [5.74, 6) is -1.25. The van der Waals surface area contributed by atoms with Crippen molar-refractivity contribution in [1.82, 2.24) is 10.6 Å². The van der Waals surface area contributed by atoms with Crippen LogP contribution in [-0.2, 0) is 9.59 Å². The molecule has 1 atom stereocenters. The first-order chi connectivity index (χ1) is 6.64. The molecule has 0 fully saturated rings. The van der Waals surface area contributed by atoms with Crippen molar-refractivity contribution in [2.45, 2.75) is 21.7 Å². The van der Waals surface area contributed by atoms with E-state index in [9.17, 15) is 9.59 Å². The van der Waals surface area contributed by atoms with Gasteiger partial charge >= 0.3 is 0 Å². The Bertz CT molecular complexity index is 252. The zero-order valence-electron chi connectivity index (χ0n) is 7.36. The van der Waals surface area contributed by atoms with Crippen LogP contribution in [-0.4, -0.2) is 26.6 Å². The van der Waals surface area contributed by atoms with Gasteiger partial charge in [0.25, 0.3) is 5.91 Å². The lowest BCUT2D eigenvalue weighted by atomic mass is 10.5. The van der Waals surface area contributed by atoms with Gasteiger partial charge in [-0.2, -0.15) is 0 Å². The maximum absolute atomic E-state index is 11.1. The molecule has 1 unspecified atom stereocenters. The van der Waals surface area contributed by atoms with Crippen molar-refractivity contribution in [3.05, 3.63) is 0 Å². The number of hydrogen-bond donors (Lipinski definition) is 2. The van der Waals surface area contributed by atoms with E-state index in [1.807, 2.05) is 0 Å². The van der Waals surface area contributed by atoms with Crippen molar-refractivity contribution in [3.8, 4) is 0 Å². The fourth-order valence-electron chi connectivity index (χ4n) is 0.608. The summed E-state index contributed by atoms with van der Waals surface area (Å²) in [5.41, 5.74) is 0. The molecule has 0 saturated carbocycles. The first-order valence-electron chi connectivity index (χ1n) is 3.57. The summed E-state index contributed by atoms with van der Waals surface area (Å²) < 4.78 is -1.90. The van der Waals surface area contributed by atoms with Gasteiger partial charge in [-0.05, 0) is 0 Å². The molecule has 0 heterocycles. The van der Waals surface area contributed by atoms with E-state index in [0.29, 0.717) is 0 Å². The van der Waals surface area contributed by atoms with Gasteiger partial charge in [-0.15, -0.1) is 0 Å². The molecular weight excluding hydrogens is 309 g/mol. The smallest absolute Gasteiger partial charge is 0.255 e. The second kappa shape index (κ2) is 6.21. The highest BCUT2D eigenvalue weighted by atomic mass is 35.6. The Balaban J connectivity index is 4.52.